The summed E-state index contributed by atoms with van der Waals surface area (Å²) in [5, 5.41) is 0. The van der Waals surface area contributed by atoms with Crippen LogP contribution in [0.4, 0.5) is 0 Å². The summed E-state index contributed by atoms with van der Waals surface area (Å²) < 4.78 is 0. The molecule has 1 aromatic heterocycles. The molecule has 0 aliphatic carbocycles. The van der Waals surface area contributed by atoms with Crippen molar-refractivity contribution in [3.8, 4) is 0 Å². The highest BCUT2D eigenvalue weighted by Gasteiger charge is 2.17. The number of aryl methyl sites for hydroxylation is 2. The molecule has 13 heavy (non-hydrogen) atoms. The summed E-state index contributed by atoms with van der Waals surface area (Å²) in [6, 6.07) is 0. The van der Waals surface area contributed by atoms with Crippen LogP contribution in [0.1, 0.15) is 41.7 Å². The van der Waals surface area contributed by atoms with Crippen molar-refractivity contribution in [3.05, 3.63) is 20.9 Å². The summed E-state index contributed by atoms with van der Waals surface area (Å²) in [4.78, 5) is 2.99. The van der Waals surface area contributed by atoms with Crippen LogP contribution < -0.4 is 0 Å². The molecule has 0 amide bonds. The third kappa shape index (κ3) is 2.57. The van der Waals surface area contributed by atoms with Crippen LogP contribution in [0.25, 0.3) is 0 Å². The predicted molar refractivity (Wildman–Crippen MR) is 61.7 cm³/mol. The van der Waals surface area contributed by atoms with Crippen molar-refractivity contribution in [2.75, 3.05) is 0 Å². The summed E-state index contributed by atoms with van der Waals surface area (Å²) in [5.41, 5.74) is 3.50. The summed E-state index contributed by atoms with van der Waals surface area (Å²) in [7, 11) is 0. The lowest BCUT2D eigenvalue weighted by molar-refractivity contribution is 0.410. The van der Waals surface area contributed by atoms with Gasteiger partial charge in [0.05, 0.1) is 0 Å². The molecule has 0 spiro atoms. The Kier molecular flexibility index (Phi) is 2.86. The Bertz CT molecular complexity index is 300. The molecular weight excluding hydrogens is 176 g/mol. The Hall–Kier alpha value is -0.300. The first kappa shape index (κ1) is 10.8. The maximum atomic E-state index is 2.30. The second-order valence-corrected chi connectivity index (χ2v) is 6.48. The molecule has 0 radical (unpaired) electrons. The summed E-state index contributed by atoms with van der Waals surface area (Å²) in [5.74, 6) is 0. The highest BCUT2D eigenvalue weighted by atomic mass is 32.1. The second kappa shape index (κ2) is 3.45. The van der Waals surface area contributed by atoms with Crippen LogP contribution in [0.3, 0.4) is 0 Å². The molecule has 0 N–H and O–H groups in total. The number of hydrogen-bond donors (Lipinski definition) is 0. The number of rotatable bonds is 1. The van der Waals surface area contributed by atoms with Gasteiger partial charge in [0.2, 0.25) is 0 Å². The molecule has 0 nitrogen and oxygen atoms in total. The Morgan fingerprint density at radius 3 is 1.85 bits per heavy atom. The Morgan fingerprint density at radius 2 is 1.54 bits per heavy atom. The van der Waals surface area contributed by atoms with Crippen molar-refractivity contribution >= 4 is 11.3 Å². The van der Waals surface area contributed by atoms with Gasteiger partial charge in [-0.25, -0.2) is 0 Å². The maximum Gasteiger partial charge on any atom is 0.00519 e. The standard InChI is InChI=1S/C12H20S/c1-8-9(2)13-10(3)11(8)7-12(4,5)6/h7H2,1-6H3. The van der Waals surface area contributed by atoms with Gasteiger partial charge in [-0.1, -0.05) is 20.8 Å². The van der Waals surface area contributed by atoms with Gasteiger partial charge in [0.25, 0.3) is 0 Å². The first-order valence-electron chi connectivity index (χ1n) is 4.87. The lowest BCUT2D eigenvalue weighted by Crippen LogP contribution is -2.10. The van der Waals surface area contributed by atoms with Crippen LogP contribution in [0.2, 0.25) is 0 Å². The van der Waals surface area contributed by atoms with Gasteiger partial charge in [0.1, 0.15) is 0 Å². The first-order chi connectivity index (χ1) is 5.81. The molecule has 1 aromatic rings. The second-order valence-electron chi connectivity index (χ2n) is 5.06. The van der Waals surface area contributed by atoms with Gasteiger partial charge < -0.3 is 0 Å². The van der Waals surface area contributed by atoms with E-state index in [1.165, 1.54) is 21.7 Å². The molecule has 0 saturated heterocycles. The van der Waals surface area contributed by atoms with Gasteiger partial charge in [-0.15, -0.1) is 11.3 Å². The zero-order chi connectivity index (χ0) is 10.2. The van der Waals surface area contributed by atoms with Crippen LogP contribution in [0.5, 0.6) is 0 Å². The van der Waals surface area contributed by atoms with Crippen LogP contribution in [0.15, 0.2) is 0 Å². The fourth-order valence-electron chi connectivity index (χ4n) is 1.63. The van der Waals surface area contributed by atoms with Crippen LogP contribution in [0, 0.1) is 26.2 Å². The molecule has 0 aliphatic heterocycles. The summed E-state index contributed by atoms with van der Waals surface area (Å²) in [6.07, 6.45) is 1.20. The Morgan fingerprint density at radius 1 is 1.00 bits per heavy atom. The quantitative estimate of drug-likeness (QED) is 0.629. The van der Waals surface area contributed by atoms with Gasteiger partial charge in [0.15, 0.2) is 0 Å². The van der Waals surface area contributed by atoms with Gasteiger partial charge in [-0.2, -0.15) is 0 Å². The lowest BCUT2D eigenvalue weighted by atomic mass is 9.87. The predicted octanol–water partition coefficient (Wildman–Crippen LogP) is 4.26. The van der Waals surface area contributed by atoms with Crippen LogP contribution >= 0.6 is 11.3 Å². The fraction of sp³-hybridized carbons (Fsp3) is 0.667. The van der Waals surface area contributed by atoms with Crippen LogP contribution in [-0.2, 0) is 6.42 Å². The third-order valence-electron chi connectivity index (χ3n) is 2.42. The first-order valence-corrected chi connectivity index (χ1v) is 5.68. The van der Waals surface area contributed by atoms with Gasteiger partial charge in [-0.05, 0) is 43.7 Å². The van der Waals surface area contributed by atoms with Gasteiger partial charge in [-0.3, -0.25) is 0 Å². The summed E-state index contributed by atoms with van der Waals surface area (Å²) in [6.45, 7) is 13.6. The molecule has 1 heterocycles. The SMILES string of the molecule is Cc1sc(C)c(CC(C)(C)C)c1C. The van der Waals surface area contributed by atoms with Crippen molar-refractivity contribution in [2.24, 2.45) is 5.41 Å². The van der Waals surface area contributed by atoms with E-state index in [2.05, 4.69) is 41.5 Å². The molecule has 0 aromatic carbocycles. The largest absolute Gasteiger partial charge is 0.145 e. The molecule has 1 heteroatoms. The number of hydrogen-bond acceptors (Lipinski definition) is 1. The van der Waals surface area contributed by atoms with E-state index in [1.807, 2.05) is 11.3 Å². The minimum absolute atomic E-state index is 0.406. The van der Waals surface area contributed by atoms with Gasteiger partial charge >= 0.3 is 0 Å². The average molecular weight is 196 g/mol. The van der Waals surface area contributed by atoms with Crippen molar-refractivity contribution in [3.63, 3.8) is 0 Å². The molecule has 0 fully saturated rings. The van der Waals surface area contributed by atoms with Crippen molar-refractivity contribution in [1.29, 1.82) is 0 Å². The molecule has 0 aliphatic rings. The lowest BCUT2D eigenvalue weighted by Gasteiger charge is -2.18. The van der Waals surface area contributed by atoms with E-state index >= 15 is 0 Å². The monoisotopic (exact) mass is 196 g/mol. The molecular formula is C12H20S. The van der Waals surface area contributed by atoms with E-state index in [0.717, 1.165) is 0 Å². The highest BCUT2D eigenvalue weighted by Crippen LogP contribution is 2.31. The molecule has 0 unspecified atom stereocenters. The summed E-state index contributed by atoms with van der Waals surface area (Å²) >= 11 is 1.94. The zero-order valence-electron chi connectivity index (χ0n) is 9.62. The minimum atomic E-state index is 0.406. The minimum Gasteiger partial charge on any atom is -0.145 e. The average Bonchev–Trinajstić information content (AvgIpc) is 2.14. The van der Waals surface area contributed by atoms with Gasteiger partial charge in [0, 0.05) is 9.75 Å². The molecule has 1 rings (SSSR count). The van der Waals surface area contributed by atoms with E-state index in [0.29, 0.717) is 5.41 Å². The van der Waals surface area contributed by atoms with E-state index in [1.54, 1.807) is 5.56 Å². The van der Waals surface area contributed by atoms with Crippen LogP contribution in [-0.4, -0.2) is 0 Å². The van der Waals surface area contributed by atoms with E-state index in [-0.39, 0.29) is 0 Å². The Balaban J connectivity index is 3.01. The molecule has 0 atom stereocenters. The topological polar surface area (TPSA) is 0 Å². The molecule has 0 bridgehead atoms. The Labute approximate surface area is 86.0 Å². The third-order valence-corrected chi connectivity index (χ3v) is 3.58. The van der Waals surface area contributed by atoms with E-state index in [4.69, 9.17) is 0 Å². The van der Waals surface area contributed by atoms with Crippen molar-refractivity contribution in [2.45, 2.75) is 48.0 Å². The number of thiophene rings is 1. The van der Waals surface area contributed by atoms with E-state index in [9.17, 15) is 0 Å². The molecule has 74 valence electrons. The van der Waals surface area contributed by atoms with Crippen molar-refractivity contribution in [1.82, 2.24) is 0 Å². The normalized spacial score (nSPS) is 12.2. The van der Waals surface area contributed by atoms with E-state index < -0.39 is 0 Å². The fourth-order valence-corrected chi connectivity index (χ4v) is 2.72. The maximum absolute atomic E-state index is 2.30. The zero-order valence-corrected chi connectivity index (χ0v) is 10.4. The molecule has 0 saturated carbocycles. The highest BCUT2D eigenvalue weighted by molar-refractivity contribution is 7.12. The van der Waals surface area contributed by atoms with Crippen molar-refractivity contribution < 1.29 is 0 Å². The smallest absolute Gasteiger partial charge is 0.00519 e.